The molecule has 33 heavy (non-hydrogen) atoms. The van der Waals surface area contributed by atoms with E-state index in [0.717, 1.165) is 38.5 Å². The molecule has 0 aliphatic carbocycles. The summed E-state index contributed by atoms with van der Waals surface area (Å²) in [7, 11) is 0. The normalized spacial score (nSPS) is 11.2. The summed E-state index contributed by atoms with van der Waals surface area (Å²) in [5.41, 5.74) is 0. The van der Waals surface area contributed by atoms with Crippen LogP contribution in [0.2, 0.25) is 0 Å². The van der Waals surface area contributed by atoms with E-state index in [-0.39, 0.29) is 0 Å². The number of hydrogen-bond acceptors (Lipinski definition) is 4. The maximum Gasteiger partial charge on any atom is 0.516 e. The average molecular weight is 467 g/mol. The summed E-state index contributed by atoms with van der Waals surface area (Å²) < 4.78 is 9.73. The lowest BCUT2D eigenvalue weighted by Gasteiger charge is -2.05. The molecule has 0 N–H and O–H groups in total. The lowest BCUT2D eigenvalue weighted by Crippen LogP contribution is -2.14. The van der Waals surface area contributed by atoms with Crippen molar-refractivity contribution in [3.05, 3.63) is 12.2 Å². The van der Waals surface area contributed by atoms with E-state index in [1.807, 2.05) is 0 Å². The van der Waals surface area contributed by atoms with Gasteiger partial charge in [-0.05, 0) is 38.5 Å². The van der Waals surface area contributed by atoms with Crippen molar-refractivity contribution in [1.29, 1.82) is 0 Å². The molecule has 0 rings (SSSR count). The highest BCUT2D eigenvalue weighted by atomic mass is 16.7. The van der Waals surface area contributed by atoms with Gasteiger partial charge in [0.25, 0.3) is 0 Å². The molecule has 0 unspecified atom stereocenters. The third kappa shape index (κ3) is 26.8. The van der Waals surface area contributed by atoms with Crippen LogP contribution >= 0.6 is 0 Å². The van der Waals surface area contributed by atoms with Crippen LogP contribution in [0, 0.1) is 0 Å². The fraction of sp³-hybridized carbons (Fsp3) is 0.862. The summed E-state index contributed by atoms with van der Waals surface area (Å²) in [6, 6.07) is 0. The predicted octanol–water partition coefficient (Wildman–Crippen LogP) is 9.84. The van der Waals surface area contributed by atoms with E-state index in [0.29, 0.717) is 13.0 Å². The first-order chi connectivity index (χ1) is 16.2. The van der Waals surface area contributed by atoms with Crippen molar-refractivity contribution >= 4 is 12.1 Å². The van der Waals surface area contributed by atoms with Gasteiger partial charge in [0.1, 0.15) is 0 Å². The molecule has 0 amide bonds. The fourth-order valence-corrected chi connectivity index (χ4v) is 3.90. The monoisotopic (exact) mass is 466 g/mol. The molecule has 4 nitrogen and oxygen atoms in total. The lowest BCUT2D eigenvalue weighted by molar-refractivity contribution is -0.139. The molecule has 0 spiro atoms. The fourth-order valence-electron chi connectivity index (χ4n) is 3.90. The van der Waals surface area contributed by atoms with E-state index in [9.17, 15) is 9.59 Å². The molecule has 0 bridgehead atoms. The summed E-state index contributed by atoms with van der Waals surface area (Å²) in [5.74, 6) is -0.464. The van der Waals surface area contributed by atoms with Crippen LogP contribution in [0.5, 0.6) is 0 Å². The topological polar surface area (TPSA) is 52.6 Å². The van der Waals surface area contributed by atoms with E-state index in [1.165, 1.54) is 96.3 Å². The second-order valence-electron chi connectivity index (χ2n) is 9.38. The van der Waals surface area contributed by atoms with Crippen molar-refractivity contribution in [1.82, 2.24) is 0 Å². The molecule has 0 saturated heterocycles. The minimum absolute atomic E-state index is 0.297. The van der Waals surface area contributed by atoms with Crippen LogP contribution in [0.4, 0.5) is 4.79 Å². The predicted molar refractivity (Wildman–Crippen MR) is 140 cm³/mol. The zero-order valence-corrected chi connectivity index (χ0v) is 22.1. The maximum atomic E-state index is 11.7. The number of hydrogen-bond donors (Lipinski definition) is 0. The Morgan fingerprint density at radius 2 is 0.970 bits per heavy atom. The van der Waals surface area contributed by atoms with Crippen molar-refractivity contribution in [2.75, 3.05) is 6.61 Å². The first kappa shape index (κ1) is 31.7. The maximum absolute atomic E-state index is 11.7. The number of esters is 1. The Labute approximate surface area is 205 Å². The minimum atomic E-state index is -0.837. The van der Waals surface area contributed by atoms with Crippen molar-refractivity contribution < 1.29 is 19.1 Å². The summed E-state index contributed by atoms with van der Waals surface area (Å²) in [6.07, 6.45) is 29.5. The van der Waals surface area contributed by atoms with Crippen LogP contribution in [0.15, 0.2) is 12.2 Å². The molecule has 194 valence electrons. The molecule has 0 fully saturated rings. The zero-order chi connectivity index (χ0) is 24.2. The Morgan fingerprint density at radius 1 is 0.545 bits per heavy atom. The molecule has 0 atom stereocenters. The van der Waals surface area contributed by atoms with E-state index in [4.69, 9.17) is 9.47 Å². The first-order valence-electron chi connectivity index (χ1n) is 14.2. The molecule has 0 radical (unpaired) electrons. The number of carbonyl (C=O) groups is 2. The van der Waals surface area contributed by atoms with Crippen LogP contribution in [-0.4, -0.2) is 18.7 Å². The largest absolute Gasteiger partial charge is 0.516 e. The van der Waals surface area contributed by atoms with Crippen molar-refractivity contribution in [3.63, 3.8) is 0 Å². The van der Waals surface area contributed by atoms with Crippen LogP contribution < -0.4 is 0 Å². The number of rotatable bonds is 24. The van der Waals surface area contributed by atoms with Gasteiger partial charge in [-0.25, -0.2) is 4.79 Å². The molecule has 0 heterocycles. The summed E-state index contributed by atoms with van der Waals surface area (Å²) in [4.78, 5) is 23.3. The van der Waals surface area contributed by atoms with E-state index in [1.54, 1.807) is 0 Å². The van der Waals surface area contributed by atoms with Gasteiger partial charge in [0.05, 0.1) is 6.61 Å². The summed E-state index contributed by atoms with van der Waals surface area (Å²) in [6.45, 7) is 4.82. The quantitative estimate of drug-likeness (QED) is 0.0614. The molecular weight excluding hydrogens is 412 g/mol. The van der Waals surface area contributed by atoms with Crippen molar-refractivity contribution in [3.8, 4) is 0 Å². The van der Waals surface area contributed by atoms with Gasteiger partial charge < -0.3 is 9.47 Å². The Morgan fingerprint density at radius 3 is 1.48 bits per heavy atom. The SMILES string of the molecule is CCCCCCCCC=CCCCCCCCC(=O)OC(=O)OCCCCCCCCCC. The van der Waals surface area contributed by atoms with Gasteiger partial charge in [-0.15, -0.1) is 0 Å². The van der Waals surface area contributed by atoms with Gasteiger partial charge >= 0.3 is 12.1 Å². The van der Waals surface area contributed by atoms with Gasteiger partial charge in [-0.3, -0.25) is 4.79 Å². The second kappa shape index (κ2) is 26.9. The summed E-state index contributed by atoms with van der Waals surface area (Å²) in [5, 5.41) is 0. The number of unbranched alkanes of at least 4 members (excludes halogenated alkanes) is 18. The van der Waals surface area contributed by atoms with Crippen LogP contribution in [0.1, 0.15) is 155 Å². The highest BCUT2D eigenvalue weighted by Crippen LogP contribution is 2.11. The number of ether oxygens (including phenoxy) is 2. The van der Waals surface area contributed by atoms with E-state index >= 15 is 0 Å². The van der Waals surface area contributed by atoms with E-state index < -0.39 is 12.1 Å². The minimum Gasteiger partial charge on any atom is -0.434 e. The van der Waals surface area contributed by atoms with Gasteiger partial charge in [-0.1, -0.05) is 122 Å². The third-order valence-electron chi connectivity index (χ3n) is 6.06. The molecule has 0 aliphatic heterocycles. The highest BCUT2D eigenvalue weighted by Gasteiger charge is 2.11. The Hall–Kier alpha value is -1.32. The molecule has 0 saturated carbocycles. The van der Waals surface area contributed by atoms with Crippen molar-refractivity contribution in [2.24, 2.45) is 0 Å². The Balaban J connectivity index is 3.34. The first-order valence-corrected chi connectivity index (χ1v) is 14.2. The van der Waals surface area contributed by atoms with Gasteiger partial charge in [-0.2, -0.15) is 0 Å². The molecular formula is C29H54O4. The molecule has 0 aromatic carbocycles. The molecule has 4 heteroatoms. The third-order valence-corrected chi connectivity index (χ3v) is 6.06. The van der Waals surface area contributed by atoms with Crippen LogP contribution in [0.25, 0.3) is 0 Å². The number of allylic oxidation sites excluding steroid dienone is 2. The standard InChI is InChI=1S/C29H54O4/c1-3-5-7-9-11-13-14-15-16-17-18-19-20-22-24-26-28(30)33-29(31)32-27-25-23-21-12-10-8-6-4-2/h15-16H,3-14,17-27H2,1-2H3. The van der Waals surface area contributed by atoms with Crippen molar-refractivity contribution in [2.45, 2.75) is 155 Å². The van der Waals surface area contributed by atoms with Gasteiger partial charge in [0, 0.05) is 6.42 Å². The number of carbonyl (C=O) groups excluding carboxylic acids is 2. The summed E-state index contributed by atoms with van der Waals surface area (Å²) >= 11 is 0. The molecule has 0 aliphatic rings. The van der Waals surface area contributed by atoms with Gasteiger partial charge in [0.2, 0.25) is 0 Å². The zero-order valence-electron chi connectivity index (χ0n) is 22.1. The molecule has 0 aromatic rings. The highest BCUT2D eigenvalue weighted by molar-refractivity contribution is 5.81. The van der Waals surface area contributed by atoms with Crippen LogP contribution in [0.3, 0.4) is 0 Å². The second-order valence-corrected chi connectivity index (χ2v) is 9.38. The average Bonchev–Trinajstić information content (AvgIpc) is 2.80. The Kier molecular flexibility index (Phi) is 25.9. The Bertz CT molecular complexity index is 459. The smallest absolute Gasteiger partial charge is 0.434 e. The lowest BCUT2D eigenvalue weighted by atomic mass is 10.1. The van der Waals surface area contributed by atoms with Gasteiger partial charge in [0.15, 0.2) is 0 Å². The molecule has 0 aromatic heterocycles. The van der Waals surface area contributed by atoms with E-state index in [2.05, 4.69) is 26.0 Å². The van der Waals surface area contributed by atoms with Crippen LogP contribution in [-0.2, 0) is 14.3 Å².